The van der Waals surface area contributed by atoms with Gasteiger partial charge in [0.05, 0.1) is 17.9 Å². The molecule has 0 aliphatic carbocycles. The van der Waals surface area contributed by atoms with Crippen LogP contribution in [0.2, 0.25) is 0 Å². The van der Waals surface area contributed by atoms with E-state index in [4.69, 9.17) is 10.5 Å². The lowest BCUT2D eigenvalue weighted by Gasteiger charge is -2.28. The Balaban J connectivity index is 1.76. The predicted molar refractivity (Wildman–Crippen MR) is 115 cm³/mol. The molecule has 2 aromatic heterocycles. The number of hydrogen-bond donors (Lipinski definition) is 8. The number of hydrogen-bond acceptors (Lipinski definition) is 11. The zero-order chi connectivity index (χ0) is 26.0. The second kappa shape index (κ2) is 10.3. The summed E-state index contributed by atoms with van der Waals surface area (Å²) in [4.78, 5) is 53.7. The van der Waals surface area contributed by atoms with Crippen molar-refractivity contribution in [2.45, 2.75) is 49.7 Å². The topological polar surface area (TPSA) is 250 Å². The molecule has 15 heteroatoms. The fourth-order valence-electron chi connectivity index (χ4n) is 3.63. The average Bonchev–Trinajstić information content (AvgIpc) is 3.10. The molecule has 0 saturated carbocycles. The van der Waals surface area contributed by atoms with Crippen molar-refractivity contribution in [3.8, 4) is 5.75 Å². The van der Waals surface area contributed by atoms with Crippen molar-refractivity contribution in [1.29, 1.82) is 0 Å². The first kappa shape index (κ1) is 26.0. The van der Waals surface area contributed by atoms with Crippen molar-refractivity contribution >= 4 is 11.9 Å². The smallest absolute Gasteiger partial charge is 0.330 e. The van der Waals surface area contributed by atoms with E-state index in [0.717, 1.165) is 23.0 Å². The molecule has 2 aromatic rings. The summed E-state index contributed by atoms with van der Waals surface area (Å²) in [6.07, 6.45) is -6.15. The third-order valence-corrected chi connectivity index (χ3v) is 5.73. The lowest BCUT2D eigenvalue weighted by atomic mass is 9.92. The lowest BCUT2D eigenvalue weighted by Crippen LogP contribution is -2.57. The monoisotopic (exact) mass is 495 g/mol. The maximum absolute atomic E-state index is 12.7. The van der Waals surface area contributed by atoms with E-state index in [-0.39, 0.29) is 11.4 Å². The Bertz CT molecular complexity index is 1180. The molecule has 1 saturated heterocycles. The molecule has 9 N–H and O–H groups in total. The minimum absolute atomic E-state index is 0.111. The maximum Gasteiger partial charge on any atom is 0.330 e. The van der Waals surface area contributed by atoms with E-state index in [1.165, 1.54) is 19.1 Å². The van der Waals surface area contributed by atoms with Crippen LogP contribution in [0.3, 0.4) is 0 Å². The molecule has 1 fully saturated rings. The van der Waals surface area contributed by atoms with E-state index in [1.54, 1.807) is 0 Å². The first-order valence-electron chi connectivity index (χ1n) is 10.4. The first-order chi connectivity index (χ1) is 16.4. The van der Waals surface area contributed by atoms with Crippen LogP contribution in [0.5, 0.6) is 5.75 Å². The van der Waals surface area contributed by atoms with Crippen molar-refractivity contribution in [1.82, 2.24) is 19.9 Å². The van der Waals surface area contributed by atoms with Crippen LogP contribution < -0.4 is 22.3 Å². The van der Waals surface area contributed by atoms with Gasteiger partial charge in [-0.2, -0.15) is 0 Å². The van der Waals surface area contributed by atoms with Gasteiger partial charge in [0.2, 0.25) is 5.91 Å². The van der Waals surface area contributed by atoms with E-state index in [1.807, 2.05) is 4.98 Å². The Hall–Kier alpha value is -3.63. The number of amides is 1. The standard InChI is InChI=1S/C20H25N5O10/c1-7(13(28)9-3-2-8(26)6-22-9)11(21)17(31)24-12(19(32)33)16-14(29)15(30)18(35-16)25-5-4-10(27)23-20(25)34/h2-7,11-16,18,26,28-30H,21H2,1H3,(H,24,31)(H,32,33)(H,23,27,34)/t7-,11-,12?,13-,14-,15+,16+,18+/m0/s1. The molecule has 0 bridgehead atoms. The van der Waals surface area contributed by atoms with E-state index >= 15 is 0 Å². The van der Waals surface area contributed by atoms with Gasteiger partial charge in [-0.05, 0) is 12.1 Å². The van der Waals surface area contributed by atoms with Gasteiger partial charge in [-0.3, -0.25) is 24.1 Å². The molecule has 0 aromatic carbocycles. The van der Waals surface area contributed by atoms with Crippen LogP contribution in [0, 0.1) is 5.92 Å². The van der Waals surface area contributed by atoms with Crippen molar-refractivity contribution in [3.05, 3.63) is 57.1 Å². The van der Waals surface area contributed by atoms with Crippen LogP contribution in [-0.2, 0) is 14.3 Å². The number of carbonyl (C=O) groups excluding carboxylic acids is 1. The molecule has 190 valence electrons. The van der Waals surface area contributed by atoms with Gasteiger partial charge in [-0.15, -0.1) is 0 Å². The molecular weight excluding hydrogens is 470 g/mol. The van der Waals surface area contributed by atoms with Crippen LogP contribution >= 0.6 is 0 Å². The minimum atomic E-state index is -1.90. The number of aromatic nitrogens is 3. The SMILES string of the molecule is C[C@@H]([C@H](N)C(=O)NC(C(=O)O)[C@H]1O[C@@H](n2ccc(=O)[nH]c2=O)[C@H](O)[C@@H]1O)[C@H](O)c1ccc(O)cn1. The summed E-state index contributed by atoms with van der Waals surface area (Å²) in [6, 6.07) is 0.215. The molecular formula is C20H25N5O10. The summed E-state index contributed by atoms with van der Waals surface area (Å²) in [5, 5.41) is 52.3. The van der Waals surface area contributed by atoms with E-state index in [9.17, 15) is 44.7 Å². The Labute approximate surface area is 196 Å². The fourth-order valence-corrected chi connectivity index (χ4v) is 3.63. The van der Waals surface area contributed by atoms with Gasteiger partial charge in [0.1, 0.15) is 30.2 Å². The second-order valence-corrected chi connectivity index (χ2v) is 8.09. The number of carbonyl (C=O) groups is 2. The Morgan fingerprint density at radius 1 is 1.23 bits per heavy atom. The molecule has 1 unspecified atom stereocenters. The number of aliphatic hydroxyl groups excluding tert-OH is 3. The van der Waals surface area contributed by atoms with E-state index in [0.29, 0.717) is 0 Å². The van der Waals surface area contributed by atoms with Crippen molar-refractivity contribution in [3.63, 3.8) is 0 Å². The number of nitrogens with zero attached hydrogens (tertiary/aromatic N) is 2. The number of aromatic amines is 1. The van der Waals surface area contributed by atoms with Gasteiger partial charge in [-0.1, -0.05) is 6.92 Å². The van der Waals surface area contributed by atoms with Crippen LogP contribution in [0.25, 0.3) is 0 Å². The highest BCUT2D eigenvalue weighted by Gasteiger charge is 2.50. The first-order valence-corrected chi connectivity index (χ1v) is 10.4. The molecule has 3 rings (SSSR count). The number of aromatic hydroxyl groups is 1. The molecule has 1 amide bonds. The molecule has 1 aliphatic heterocycles. The molecule has 0 spiro atoms. The van der Waals surface area contributed by atoms with E-state index < -0.39 is 71.8 Å². The normalized spacial score (nSPS) is 25.4. The van der Waals surface area contributed by atoms with Crippen molar-refractivity contribution < 1.29 is 39.9 Å². The average molecular weight is 495 g/mol. The summed E-state index contributed by atoms with van der Waals surface area (Å²) >= 11 is 0. The number of aliphatic carboxylic acids is 1. The Morgan fingerprint density at radius 2 is 1.91 bits per heavy atom. The quantitative estimate of drug-likeness (QED) is 0.178. The Morgan fingerprint density at radius 3 is 2.49 bits per heavy atom. The fraction of sp³-hybridized carbons (Fsp3) is 0.450. The van der Waals surface area contributed by atoms with Crippen LogP contribution in [0.15, 0.2) is 40.2 Å². The molecule has 35 heavy (non-hydrogen) atoms. The van der Waals surface area contributed by atoms with Crippen molar-refractivity contribution in [2.24, 2.45) is 11.7 Å². The highest BCUT2D eigenvalue weighted by Crippen LogP contribution is 2.30. The summed E-state index contributed by atoms with van der Waals surface area (Å²) in [5.74, 6) is -3.75. The van der Waals surface area contributed by atoms with Gasteiger partial charge in [0, 0.05) is 18.2 Å². The van der Waals surface area contributed by atoms with Crippen LogP contribution in [0.1, 0.15) is 24.9 Å². The van der Waals surface area contributed by atoms with Gasteiger partial charge < -0.3 is 41.3 Å². The summed E-state index contributed by atoms with van der Waals surface area (Å²) in [5.41, 5.74) is 4.33. The number of nitrogens with two attached hydrogens (primary N) is 1. The number of H-pyrrole nitrogens is 1. The zero-order valence-corrected chi connectivity index (χ0v) is 18.3. The highest BCUT2D eigenvalue weighted by molar-refractivity contribution is 5.87. The largest absolute Gasteiger partial charge is 0.506 e. The number of carboxylic acids is 1. The Kier molecular flexibility index (Phi) is 7.67. The van der Waals surface area contributed by atoms with Crippen LogP contribution in [-0.4, -0.2) is 82.3 Å². The second-order valence-electron chi connectivity index (χ2n) is 8.09. The molecule has 8 atom stereocenters. The third-order valence-electron chi connectivity index (χ3n) is 5.73. The van der Waals surface area contributed by atoms with E-state index in [2.05, 4.69) is 10.3 Å². The van der Waals surface area contributed by atoms with Gasteiger partial charge in [0.15, 0.2) is 12.3 Å². The summed E-state index contributed by atoms with van der Waals surface area (Å²) in [7, 11) is 0. The lowest BCUT2D eigenvalue weighted by molar-refractivity contribution is -0.149. The predicted octanol–water partition coefficient (Wildman–Crippen LogP) is -3.48. The maximum atomic E-state index is 12.7. The minimum Gasteiger partial charge on any atom is -0.506 e. The van der Waals surface area contributed by atoms with Crippen LogP contribution in [0.4, 0.5) is 0 Å². The molecule has 15 nitrogen and oxygen atoms in total. The number of rotatable bonds is 8. The highest BCUT2D eigenvalue weighted by atomic mass is 16.6. The van der Waals surface area contributed by atoms with Crippen molar-refractivity contribution in [2.75, 3.05) is 0 Å². The number of ether oxygens (including phenoxy) is 1. The number of pyridine rings is 1. The van der Waals surface area contributed by atoms with Gasteiger partial charge in [-0.25, -0.2) is 9.59 Å². The number of carboxylic acid groups (broad SMARTS) is 1. The molecule has 0 radical (unpaired) electrons. The zero-order valence-electron chi connectivity index (χ0n) is 18.3. The van der Waals surface area contributed by atoms with Gasteiger partial charge >= 0.3 is 11.7 Å². The van der Waals surface area contributed by atoms with Gasteiger partial charge in [0.25, 0.3) is 5.56 Å². The molecule has 1 aliphatic rings. The molecule has 3 heterocycles. The summed E-state index contributed by atoms with van der Waals surface area (Å²) < 4.78 is 6.16. The third kappa shape index (κ3) is 5.39. The number of nitrogens with one attached hydrogen (secondary N) is 2. The summed E-state index contributed by atoms with van der Waals surface area (Å²) in [6.45, 7) is 1.42. The number of aliphatic hydroxyl groups is 3.